The van der Waals surface area contributed by atoms with Crippen LogP contribution in [-0.2, 0) is 0 Å². The summed E-state index contributed by atoms with van der Waals surface area (Å²) < 4.78 is 0. The first kappa shape index (κ1) is 18.4. The van der Waals surface area contributed by atoms with E-state index in [4.69, 9.17) is 0 Å². The maximum atomic E-state index is 13.7. The monoisotopic (exact) mass is 412 g/mol. The van der Waals surface area contributed by atoms with Crippen molar-refractivity contribution in [2.24, 2.45) is 11.3 Å². The molecule has 3 aliphatic rings. The van der Waals surface area contributed by atoms with Crippen LogP contribution in [0.3, 0.4) is 0 Å². The van der Waals surface area contributed by atoms with Crippen molar-refractivity contribution < 1.29 is 4.79 Å². The highest BCUT2D eigenvalue weighted by Crippen LogP contribution is 2.71. The van der Waals surface area contributed by atoms with Crippen molar-refractivity contribution in [2.45, 2.75) is 38.8 Å². The first-order chi connectivity index (χ1) is 15.0. The average molecular weight is 412 g/mol. The Kier molecular flexibility index (Phi) is 3.91. The number of anilines is 1. The van der Waals surface area contributed by atoms with E-state index in [0.29, 0.717) is 23.0 Å². The first-order valence-electron chi connectivity index (χ1n) is 10.8. The van der Waals surface area contributed by atoms with Crippen LogP contribution in [0.15, 0.2) is 49.1 Å². The fourth-order valence-corrected chi connectivity index (χ4v) is 5.59. The highest BCUT2D eigenvalue weighted by Gasteiger charge is 2.75. The van der Waals surface area contributed by atoms with Crippen molar-refractivity contribution in [1.29, 1.82) is 0 Å². The summed E-state index contributed by atoms with van der Waals surface area (Å²) in [6.45, 7) is 4.80. The SMILES string of the molecule is Cc1ccc(NC2CC34CC3CN(C(=O)c3ncc(C)cc3-c3ncccn3)C24)nc1. The van der Waals surface area contributed by atoms with E-state index < -0.39 is 0 Å². The fourth-order valence-electron chi connectivity index (χ4n) is 5.59. The van der Waals surface area contributed by atoms with Gasteiger partial charge in [0.05, 0.1) is 11.6 Å². The summed E-state index contributed by atoms with van der Waals surface area (Å²) in [7, 11) is 0. The quantitative estimate of drug-likeness (QED) is 0.708. The van der Waals surface area contributed by atoms with Gasteiger partial charge < -0.3 is 10.2 Å². The van der Waals surface area contributed by atoms with Crippen LogP contribution in [0, 0.1) is 25.2 Å². The second-order valence-electron chi connectivity index (χ2n) is 9.19. The smallest absolute Gasteiger partial charge is 0.273 e. The zero-order chi connectivity index (χ0) is 21.2. The largest absolute Gasteiger partial charge is 0.365 e. The Labute approximate surface area is 181 Å². The second-order valence-corrected chi connectivity index (χ2v) is 9.19. The number of piperidine rings is 1. The number of aryl methyl sites for hydroxylation is 2. The molecule has 31 heavy (non-hydrogen) atoms. The summed E-state index contributed by atoms with van der Waals surface area (Å²) >= 11 is 0. The molecule has 2 aliphatic carbocycles. The summed E-state index contributed by atoms with van der Waals surface area (Å²) in [5.74, 6) is 1.98. The summed E-state index contributed by atoms with van der Waals surface area (Å²) in [4.78, 5) is 33.5. The van der Waals surface area contributed by atoms with Gasteiger partial charge in [0.1, 0.15) is 11.5 Å². The molecule has 3 fully saturated rings. The molecule has 7 heteroatoms. The lowest BCUT2D eigenvalue weighted by molar-refractivity contribution is 0.0467. The number of hydrogen-bond donors (Lipinski definition) is 1. The number of likely N-dealkylation sites (tertiary alicyclic amines) is 1. The summed E-state index contributed by atoms with van der Waals surface area (Å²) in [5, 5.41) is 3.57. The Bertz CT molecular complexity index is 1160. The van der Waals surface area contributed by atoms with E-state index in [0.717, 1.165) is 29.9 Å². The Hall–Kier alpha value is -3.35. The Morgan fingerprint density at radius 1 is 1.06 bits per heavy atom. The van der Waals surface area contributed by atoms with Gasteiger partial charge in [-0.05, 0) is 67.3 Å². The van der Waals surface area contributed by atoms with Crippen molar-refractivity contribution >= 4 is 11.7 Å². The van der Waals surface area contributed by atoms with E-state index >= 15 is 0 Å². The van der Waals surface area contributed by atoms with Crippen LogP contribution in [0.25, 0.3) is 11.4 Å². The van der Waals surface area contributed by atoms with Crippen molar-refractivity contribution in [3.8, 4) is 11.4 Å². The minimum atomic E-state index is -0.0256. The van der Waals surface area contributed by atoms with E-state index in [9.17, 15) is 4.79 Å². The summed E-state index contributed by atoms with van der Waals surface area (Å²) in [6.07, 6.45) is 9.32. The number of carbonyl (C=O) groups excluding carboxylic acids is 1. The van der Waals surface area contributed by atoms with E-state index in [1.807, 2.05) is 37.1 Å². The molecule has 1 spiro atoms. The molecule has 0 bridgehead atoms. The molecule has 7 nitrogen and oxygen atoms in total. The maximum absolute atomic E-state index is 13.7. The molecule has 1 amide bonds. The van der Waals surface area contributed by atoms with E-state index in [-0.39, 0.29) is 23.4 Å². The molecule has 0 aromatic carbocycles. The zero-order valence-electron chi connectivity index (χ0n) is 17.6. The van der Waals surface area contributed by atoms with Gasteiger partial charge in [-0.2, -0.15) is 0 Å². The molecule has 156 valence electrons. The molecule has 6 rings (SSSR count). The highest BCUT2D eigenvalue weighted by molar-refractivity contribution is 5.99. The van der Waals surface area contributed by atoms with Crippen LogP contribution in [0.2, 0.25) is 0 Å². The normalized spacial score (nSPS) is 27.8. The fraction of sp³-hybridized carbons (Fsp3) is 0.375. The lowest BCUT2D eigenvalue weighted by Crippen LogP contribution is -2.60. The van der Waals surface area contributed by atoms with Crippen molar-refractivity contribution in [3.05, 3.63) is 65.9 Å². The van der Waals surface area contributed by atoms with Crippen LogP contribution in [-0.4, -0.2) is 49.4 Å². The molecule has 1 saturated heterocycles. The zero-order valence-corrected chi connectivity index (χ0v) is 17.6. The number of carbonyl (C=O) groups is 1. The minimum absolute atomic E-state index is 0.0256. The number of aromatic nitrogens is 4. The van der Waals surface area contributed by atoms with Gasteiger partial charge in [0, 0.05) is 37.4 Å². The highest BCUT2D eigenvalue weighted by atomic mass is 16.2. The number of hydrogen-bond acceptors (Lipinski definition) is 6. The number of amides is 1. The molecule has 3 aromatic rings. The number of nitrogens with one attached hydrogen (secondary N) is 1. The van der Waals surface area contributed by atoms with Crippen molar-refractivity contribution in [1.82, 2.24) is 24.8 Å². The molecule has 3 aromatic heterocycles. The van der Waals surface area contributed by atoms with Gasteiger partial charge >= 0.3 is 0 Å². The molecular weight excluding hydrogens is 388 g/mol. The Morgan fingerprint density at radius 3 is 2.65 bits per heavy atom. The molecule has 0 radical (unpaired) electrons. The first-order valence-corrected chi connectivity index (χ1v) is 10.8. The second kappa shape index (κ2) is 6.57. The van der Waals surface area contributed by atoms with Crippen LogP contribution < -0.4 is 5.32 Å². The third-order valence-electron chi connectivity index (χ3n) is 7.14. The van der Waals surface area contributed by atoms with Crippen LogP contribution >= 0.6 is 0 Å². The third kappa shape index (κ3) is 2.83. The molecule has 4 heterocycles. The molecular formula is C24H24N6O. The average Bonchev–Trinajstić information content (AvgIpc) is 3.43. The topological polar surface area (TPSA) is 83.9 Å². The predicted molar refractivity (Wildman–Crippen MR) is 116 cm³/mol. The standard InChI is InChI=1S/C24H24N6O/c1-14-4-5-19(27-11-14)29-18-10-24-9-16(24)13-30(21(18)24)23(31)20-17(8-15(2)12-28-20)22-25-6-3-7-26-22/h3-8,11-12,16,18,21H,9-10,13H2,1-2H3,(H,27,29). The predicted octanol–water partition coefficient (Wildman–Crippen LogP) is 3.27. The Morgan fingerprint density at radius 2 is 1.87 bits per heavy atom. The maximum Gasteiger partial charge on any atom is 0.273 e. The van der Waals surface area contributed by atoms with Gasteiger partial charge in [-0.1, -0.05) is 6.07 Å². The summed E-state index contributed by atoms with van der Waals surface area (Å²) in [5.41, 5.74) is 3.54. The van der Waals surface area contributed by atoms with Gasteiger partial charge in [0.2, 0.25) is 0 Å². The van der Waals surface area contributed by atoms with Crippen LogP contribution in [0.5, 0.6) is 0 Å². The molecule has 4 atom stereocenters. The lowest BCUT2D eigenvalue weighted by Gasteiger charge is -2.48. The van der Waals surface area contributed by atoms with Gasteiger partial charge in [0.15, 0.2) is 5.82 Å². The van der Waals surface area contributed by atoms with E-state index in [1.165, 1.54) is 6.42 Å². The van der Waals surface area contributed by atoms with Crippen LogP contribution in [0.4, 0.5) is 5.82 Å². The lowest BCUT2D eigenvalue weighted by atomic mass is 9.71. The van der Waals surface area contributed by atoms with Crippen molar-refractivity contribution in [2.75, 3.05) is 11.9 Å². The number of pyridine rings is 2. The van der Waals surface area contributed by atoms with Gasteiger partial charge in [-0.25, -0.2) is 15.0 Å². The van der Waals surface area contributed by atoms with E-state index in [1.54, 1.807) is 24.7 Å². The Balaban J connectivity index is 1.30. The van der Waals surface area contributed by atoms with Gasteiger partial charge in [-0.15, -0.1) is 0 Å². The molecule has 1 aliphatic heterocycles. The van der Waals surface area contributed by atoms with Gasteiger partial charge in [0.25, 0.3) is 5.91 Å². The van der Waals surface area contributed by atoms with Crippen LogP contribution in [0.1, 0.15) is 34.5 Å². The molecule has 1 N–H and O–H groups in total. The molecule has 2 saturated carbocycles. The van der Waals surface area contributed by atoms with Gasteiger partial charge in [-0.3, -0.25) is 9.78 Å². The minimum Gasteiger partial charge on any atom is -0.365 e. The van der Waals surface area contributed by atoms with Crippen molar-refractivity contribution in [3.63, 3.8) is 0 Å². The third-order valence-corrected chi connectivity index (χ3v) is 7.14. The number of rotatable bonds is 4. The molecule has 4 unspecified atom stereocenters. The van der Waals surface area contributed by atoms with E-state index in [2.05, 4.69) is 31.3 Å². The number of nitrogens with zero attached hydrogens (tertiary/aromatic N) is 5. The summed E-state index contributed by atoms with van der Waals surface area (Å²) in [6, 6.07) is 8.20.